The Labute approximate surface area is 189 Å². The fraction of sp³-hybridized carbons (Fsp3) is 0.421. The van der Waals surface area contributed by atoms with Crippen molar-refractivity contribution < 1.29 is 17.9 Å². The highest BCUT2D eigenvalue weighted by Crippen LogP contribution is 2.28. The predicted molar refractivity (Wildman–Crippen MR) is 119 cm³/mol. The SMILES string of the molecule is CCCc1cc(=O)[nH]c(SCC(=O)Nc2cc(Cl)ccc2S(=O)(=O)N2CCOCC2)n1. The molecule has 3 rings (SSSR count). The molecule has 0 unspecified atom stereocenters. The number of rotatable bonds is 8. The van der Waals surface area contributed by atoms with E-state index in [1.54, 1.807) is 0 Å². The van der Waals surface area contributed by atoms with Gasteiger partial charge in [-0.05, 0) is 24.6 Å². The highest BCUT2D eigenvalue weighted by atomic mass is 35.5. The molecule has 12 heteroatoms. The van der Waals surface area contributed by atoms with Crippen LogP contribution in [0.5, 0.6) is 0 Å². The number of carbonyl (C=O) groups excluding carboxylic acids is 1. The van der Waals surface area contributed by atoms with E-state index in [0.717, 1.165) is 18.2 Å². The number of morpholine rings is 1. The van der Waals surface area contributed by atoms with Gasteiger partial charge in [-0.1, -0.05) is 36.7 Å². The Morgan fingerprint density at radius 1 is 1.32 bits per heavy atom. The highest BCUT2D eigenvalue weighted by molar-refractivity contribution is 7.99. The van der Waals surface area contributed by atoms with Gasteiger partial charge in [0.1, 0.15) is 4.90 Å². The zero-order valence-electron chi connectivity index (χ0n) is 16.9. The van der Waals surface area contributed by atoms with Crippen molar-refractivity contribution in [3.63, 3.8) is 0 Å². The van der Waals surface area contributed by atoms with E-state index in [2.05, 4.69) is 15.3 Å². The Hall–Kier alpha value is -1.92. The lowest BCUT2D eigenvalue weighted by molar-refractivity contribution is -0.113. The highest BCUT2D eigenvalue weighted by Gasteiger charge is 2.29. The minimum Gasteiger partial charge on any atom is -0.379 e. The molecule has 0 radical (unpaired) electrons. The van der Waals surface area contributed by atoms with E-state index >= 15 is 0 Å². The first kappa shape index (κ1) is 23.7. The van der Waals surface area contributed by atoms with Crippen LogP contribution in [0.15, 0.2) is 39.1 Å². The van der Waals surface area contributed by atoms with Crippen molar-refractivity contribution in [1.29, 1.82) is 0 Å². The van der Waals surface area contributed by atoms with E-state index in [1.807, 2.05) is 6.92 Å². The number of hydrogen-bond donors (Lipinski definition) is 2. The second-order valence-corrected chi connectivity index (χ2v) is 10.1. The van der Waals surface area contributed by atoms with E-state index in [-0.39, 0.29) is 35.0 Å². The van der Waals surface area contributed by atoms with E-state index in [4.69, 9.17) is 16.3 Å². The van der Waals surface area contributed by atoms with Gasteiger partial charge in [0.15, 0.2) is 5.16 Å². The molecule has 168 valence electrons. The molecule has 1 fully saturated rings. The second-order valence-electron chi connectivity index (χ2n) is 6.79. The molecule has 0 bridgehead atoms. The van der Waals surface area contributed by atoms with Gasteiger partial charge in [-0.3, -0.25) is 9.59 Å². The molecule has 9 nitrogen and oxygen atoms in total. The monoisotopic (exact) mass is 486 g/mol. The number of aromatic nitrogens is 2. The van der Waals surface area contributed by atoms with Crippen LogP contribution in [-0.4, -0.2) is 60.7 Å². The van der Waals surface area contributed by atoms with Gasteiger partial charge in [-0.2, -0.15) is 4.31 Å². The summed E-state index contributed by atoms with van der Waals surface area (Å²) in [7, 11) is -3.83. The number of halogens is 1. The normalized spacial score (nSPS) is 15.0. The van der Waals surface area contributed by atoms with Crippen molar-refractivity contribution in [2.24, 2.45) is 0 Å². The average Bonchev–Trinajstić information content (AvgIpc) is 2.73. The van der Waals surface area contributed by atoms with E-state index < -0.39 is 15.9 Å². The maximum Gasteiger partial charge on any atom is 0.251 e. The Morgan fingerprint density at radius 2 is 2.06 bits per heavy atom. The minimum atomic E-state index is -3.83. The molecular formula is C19H23ClN4O5S2. The van der Waals surface area contributed by atoms with Crippen LogP contribution in [0.25, 0.3) is 0 Å². The quantitative estimate of drug-likeness (QED) is 0.433. The van der Waals surface area contributed by atoms with Gasteiger partial charge >= 0.3 is 0 Å². The summed E-state index contributed by atoms with van der Waals surface area (Å²) in [5.74, 6) is -0.517. The molecular weight excluding hydrogens is 464 g/mol. The Bertz CT molecular complexity index is 1100. The fourth-order valence-corrected chi connectivity index (χ4v) is 5.41. The molecule has 2 aromatic rings. The van der Waals surface area contributed by atoms with Gasteiger partial charge in [0.25, 0.3) is 5.56 Å². The lowest BCUT2D eigenvalue weighted by atomic mass is 10.2. The van der Waals surface area contributed by atoms with Crippen LogP contribution >= 0.6 is 23.4 Å². The first-order valence-corrected chi connectivity index (χ1v) is 12.5. The minimum absolute atomic E-state index is 0.0337. The molecule has 1 aromatic heterocycles. The maximum absolute atomic E-state index is 13.0. The van der Waals surface area contributed by atoms with Gasteiger partial charge < -0.3 is 15.0 Å². The Balaban J connectivity index is 1.74. The predicted octanol–water partition coefficient (Wildman–Crippen LogP) is 2.13. The summed E-state index contributed by atoms with van der Waals surface area (Å²) in [6.07, 6.45) is 1.51. The first-order chi connectivity index (χ1) is 14.8. The van der Waals surface area contributed by atoms with Crippen LogP contribution in [0.2, 0.25) is 5.02 Å². The first-order valence-electron chi connectivity index (χ1n) is 9.70. The molecule has 2 heterocycles. The molecule has 1 aliphatic rings. The lowest BCUT2D eigenvalue weighted by Crippen LogP contribution is -2.40. The third-order valence-electron chi connectivity index (χ3n) is 4.42. The molecule has 31 heavy (non-hydrogen) atoms. The van der Waals surface area contributed by atoms with Crippen molar-refractivity contribution in [1.82, 2.24) is 14.3 Å². The fourth-order valence-electron chi connectivity index (χ4n) is 3.01. The zero-order valence-corrected chi connectivity index (χ0v) is 19.3. The molecule has 1 amide bonds. The number of ether oxygens (including phenoxy) is 1. The summed E-state index contributed by atoms with van der Waals surface area (Å²) >= 11 is 7.10. The van der Waals surface area contributed by atoms with E-state index in [0.29, 0.717) is 35.5 Å². The molecule has 0 aliphatic carbocycles. The largest absolute Gasteiger partial charge is 0.379 e. The van der Waals surface area contributed by atoms with Crippen LogP contribution in [0.3, 0.4) is 0 Å². The van der Waals surface area contributed by atoms with Crippen molar-refractivity contribution in [3.05, 3.63) is 45.3 Å². The van der Waals surface area contributed by atoms with E-state index in [9.17, 15) is 18.0 Å². The smallest absolute Gasteiger partial charge is 0.251 e. The zero-order chi connectivity index (χ0) is 22.4. The third-order valence-corrected chi connectivity index (χ3v) is 7.49. The number of thioether (sulfide) groups is 1. The summed E-state index contributed by atoms with van der Waals surface area (Å²) in [6, 6.07) is 5.68. The number of aromatic amines is 1. The number of nitrogens with zero attached hydrogens (tertiary/aromatic N) is 2. The van der Waals surface area contributed by atoms with Gasteiger partial charge in [0.2, 0.25) is 15.9 Å². The van der Waals surface area contributed by atoms with E-state index in [1.165, 1.54) is 28.6 Å². The summed E-state index contributed by atoms with van der Waals surface area (Å²) in [4.78, 5) is 31.2. The van der Waals surface area contributed by atoms with Crippen LogP contribution in [-0.2, 0) is 26.0 Å². The molecule has 0 atom stereocenters. The Kier molecular flexibility index (Phi) is 8.11. The average molecular weight is 487 g/mol. The number of benzene rings is 1. The van der Waals surface area contributed by atoms with Crippen LogP contribution in [0, 0.1) is 0 Å². The number of hydrogen-bond acceptors (Lipinski definition) is 7. The van der Waals surface area contributed by atoms with Gasteiger partial charge in [-0.15, -0.1) is 0 Å². The third kappa shape index (κ3) is 6.30. The van der Waals surface area contributed by atoms with Crippen LogP contribution in [0.1, 0.15) is 19.0 Å². The lowest BCUT2D eigenvalue weighted by Gasteiger charge is -2.27. The van der Waals surface area contributed by atoms with Gasteiger partial charge in [0, 0.05) is 29.9 Å². The number of amides is 1. The number of aryl methyl sites for hydroxylation is 1. The number of anilines is 1. The van der Waals surface area contributed by atoms with Crippen molar-refractivity contribution in [2.75, 3.05) is 37.4 Å². The Morgan fingerprint density at radius 3 is 2.77 bits per heavy atom. The summed E-state index contributed by atoms with van der Waals surface area (Å²) in [5, 5.41) is 3.25. The van der Waals surface area contributed by atoms with Crippen molar-refractivity contribution in [3.8, 4) is 0 Å². The van der Waals surface area contributed by atoms with Gasteiger partial charge in [-0.25, -0.2) is 13.4 Å². The molecule has 0 saturated carbocycles. The number of nitrogens with one attached hydrogen (secondary N) is 2. The summed E-state index contributed by atoms with van der Waals surface area (Å²) < 4.78 is 32.6. The summed E-state index contributed by atoms with van der Waals surface area (Å²) in [5.41, 5.74) is 0.476. The number of carbonyl (C=O) groups is 1. The molecule has 0 spiro atoms. The van der Waals surface area contributed by atoms with Crippen molar-refractivity contribution >= 4 is 45.0 Å². The van der Waals surface area contributed by atoms with Crippen molar-refractivity contribution in [2.45, 2.75) is 29.8 Å². The number of sulfonamides is 1. The molecule has 1 saturated heterocycles. The van der Waals surface area contributed by atoms with Crippen LogP contribution < -0.4 is 10.9 Å². The molecule has 2 N–H and O–H groups in total. The standard InChI is InChI=1S/C19H23ClN4O5S2/c1-2-3-14-11-17(25)23-19(21-14)30-12-18(26)22-15-10-13(20)4-5-16(15)31(27,28)24-6-8-29-9-7-24/h4-5,10-11H,2-3,6-9,12H2,1H3,(H,22,26)(H,21,23,25). The topological polar surface area (TPSA) is 121 Å². The second kappa shape index (κ2) is 10.6. The molecule has 1 aliphatic heterocycles. The van der Waals surface area contributed by atoms with Gasteiger partial charge in [0.05, 0.1) is 24.7 Å². The number of H-pyrrole nitrogens is 1. The summed E-state index contributed by atoms with van der Waals surface area (Å²) in [6.45, 7) is 3.08. The van der Waals surface area contributed by atoms with Crippen LogP contribution in [0.4, 0.5) is 5.69 Å². The molecule has 1 aromatic carbocycles. The maximum atomic E-state index is 13.0.